The average molecular weight is 398 g/mol. The monoisotopic (exact) mass is 396 g/mol. The summed E-state index contributed by atoms with van der Waals surface area (Å²) < 4.78 is 0. The molecule has 7 heteroatoms. The van der Waals surface area contributed by atoms with E-state index in [4.69, 9.17) is 34.8 Å². The molecule has 1 aromatic heterocycles. The summed E-state index contributed by atoms with van der Waals surface area (Å²) in [5, 5.41) is 5.21. The third kappa shape index (κ3) is 3.90. The molecular formula is C17H11Cl3N2OS. The van der Waals surface area contributed by atoms with Crippen molar-refractivity contribution < 1.29 is 4.79 Å². The number of hydrogen-bond donors (Lipinski definition) is 1. The van der Waals surface area contributed by atoms with Crippen molar-refractivity contribution in [1.82, 2.24) is 4.98 Å². The van der Waals surface area contributed by atoms with Crippen molar-refractivity contribution in [3.8, 4) is 11.3 Å². The molecule has 0 aliphatic rings. The number of carbonyl (C=O) groups is 1. The van der Waals surface area contributed by atoms with Gasteiger partial charge < -0.3 is 5.32 Å². The smallest absolute Gasteiger partial charge is 0.248 e. The van der Waals surface area contributed by atoms with E-state index in [0.29, 0.717) is 20.9 Å². The van der Waals surface area contributed by atoms with E-state index < -0.39 is 5.38 Å². The Kier molecular flexibility index (Phi) is 5.41. The first-order valence-electron chi connectivity index (χ1n) is 6.95. The molecule has 122 valence electrons. The summed E-state index contributed by atoms with van der Waals surface area (Å²) in [7, 11) is 0. The highest BCUT2D eigenvalue weighted by molar-refractivity contribution is 7.14. The second-order valence-corrected chi connectivity index (χ2v) is 7.04. The Morgan fingerprint density at radius 1 is 1.08 bits per heavy atom. The fourth-order valence-corrected chi connectivity index (χ4v) is 3.28. The molecule has 0 unspecified atom stereocenters. The number of thiazole rings is 1. The van der Waals surface area contributed by atoms with Gasteiger partial charge in [0.25, 0.3) is 0 Å². The number of halogens is 3. The Balaban J connectivity index is 1.74. The molecule has 1 atom stereocenters. The molecule has 0 radical (unpaired) electrons. The molecule has 1 amide bonds. The fourth-order valence-electron chi connectivity index (χ4n) is 2.06. The van der Waals surface area contributed by atoms with Crippen molar-refractivity contribution in [2.45, 2.75) is 5.38 Å². The van der Waals surface area contributed by atoms with Crippen LogP contribution >= 0.6 is 46.1 Å². The van der Waals surface area contributed by atoms with Crippen molar-refractivity contribution in [1.29, 1.82) is 0 Å². The number of hydrogen-bond acceptors (Lipinski definition) is 3. The van der Waals surface area contributed by atoms with Crippen LogP contribution in [-0.2, 0) is 4.79 Å². The molecule has 0 aliphatic heterocycles. The molecule has 3 nitrogen and oxygen atoms in total. The number of benzene rings is 2. The lowest BCUT2D eigenvalue weighted by Crippen LogP contribution is -2.17. The maximum atomic E-state index is 12.2. The summed E-state index contributed by atoms with van der Waals surface area (Å²) in [5.41, 5.74) is 2.27. The maximum absolute atomic E-state index is 12.2. The highest BCUT2D eigenvalue weighted by Crippen LogP contribution is 2.31. The zero-order valence-electron chi connectivity index (χ0n) is 12.2. The third-order valence-electron chi connectivity index (χ3n) is 3.27. The quantitative estimate of drug-likeness (QED) is 0.546. The van der Waals surface area contributed by atoms with E-state index in [2.05, 4.69) is 10.3 Å². The van der Waals surface area contributed by atoms with Crippen LogP contribution in [0.15, 0.2) is 53.9 Å². The predicted octanol–water partition coefficient (Wildman–Crippen LogP) is 6.04. The van der Waals surface area contributed by atoms with Gasteiger partial charge in [0.05, 0.1) is 15.7 Å². The molecule has 3 rings (SSSR count). The van der Waals surface area contributed by atoms with Gasteiger partial charge in [0.15, 0.2) is 5.13 Å². The first-order valence-corrected chi connectivity index (χ1v) is 9.02. The lowest BCUT2D eigenvalue weighted by molar-refractivity contribution is -0.116. The van der Waals surface area contributed by atoms with Crippen LogP contribution in [0.3, 0.4) is 0 Å². The van der Waals surface area contributed by atoms with E-state index in [9.17, 15) is 4.79 Å². The Morgan fingerprint density at radius 3 is 2.54 bits per heavy atom. The van der Waals surface area contributed by atoms with Crippen LogP contribution in [0.2, 0.25) is 10.0 Å². The topological polar surface area (TPSA) is 42.0 Å². The van der Waals surface area contributed by atoms with Crippen LogP contribution in [0.1, 0.15) is 10.9 Å². The lowest BCUT2D eigenvalue weighted by Gasteiger charge is -2.08. The number of carbonyl (C=O) groups excluding carboxylic acids is 1. The number of rotatable bonds is 4. The summed E-state index contributed by atoms with van der Waals surface area (Å²) in [4.78, 5) is 16.6. The molecule has 0 saturated carbocycles. The average Bonchev–Trinajstić information content (AvgIpc) is 3.06. The van der Waals surface area contributed by atoms with Gasteiger partial charge in [-0.25, -0.2) is 4.98 Å². The summed E-state index contributed by atoms with van der Waals surface area (Å²) >= 11 is 19.5. The second kappa shape index (κ2) is 7.53. The van der Waals surface area contributed by atoms with E-state index in [0.717, 1.165) is 11.1 Å². The molecule has 0 spiro atoms. The van der Waals surface area contributed by atoms with Crippen molar-refractivity contribution in [3.63, 3.8) is 0 Å². The molecule has 1 heterocycles. The molecule has 24 heavy (non-hydrogen) atoms. The number of amides is 1. The summed E-state index contributed by atoms with van der Waals surface area (Å²) in [5.74, 6) is -0.321. The first-order chi connectivity index (χ1) is 11.5. The minimum Gasteiger partial charge on any atom is -0.300 e. The van der Waals surface area contributed by atoms with Crippen molar-refractivity contribution >= 4 is 57.2 Å². The van der Waals surface area contributed by atoms with E-state index >= 15 is 0 Å². The van der Waals surface area contributed by atoms with Crippen molar-refractivity contribution in [2.24, 2.45) is 0 Å². The van der Waals surface area contributed by atoms with Gasteiger partial charge in [0.2, 0.25) is 5.91 Å². The minimum atomic E-state index is -0.775. The van der Waals surface area contributed by atoms with Gasteiger partial charge in [-0.2, -0.15) is 0 Å². The molecule has 0 bridgehead atoms. The largest absolute Gasteiger partial charge is 0.300 e. The first kappa shape index (κ1) is 17.2. The zero-order valence-corrected chi connectivity index (χ0v) is 15.3. The highest BCUT2D eigenvalue weighted by Gasteiger charge is 2.18. The molecule has 2 aromatic carbocycles. The third-order valence-corrected chi connectivity index (χ3v) is 5.22. The van der Waals surface area contributed by atoms with Crippen molar-refractivity contribution in [3.05, 3.63) is 69.5 Å². The predicted molar refractivity (Wildman–Crippen MR) is 101 cm³/mol. The number of nitrogens with zero attached hydrogens (tertiary/aromatic N) is 1. The maximum Gasteiger partial charge on any atom is 0.248 e. The molecule has 3 aromatic rings. The molecular weight excluding hydrogens is 387 g/mol. The van der Waals surface area contributed by atoms with E-state index in [1.807, 2.05) is 29.6 Å². The molecule has 0 aliphatic carbocycles. The van der Waals surface area contributed by atoms with E-state index in [1.165, 1.54) is 11.3 Å². The minimum absolute atomic E-state index is 0.321. The van der Waals surface area contributed by atoms with E-state index in [1.54, 1.807) is 24.3 Å². The van der Waals surface area contributed by atoms with Gasteiger partial charge in [-0.15, -0.1) is 22.9 Å². The number of aromatic nitrogens is 1. The summed E-state index contributed by atoms with van der Waals surface area (Å²) in [6, 6.07) is 14.4. The highest BCUT2D eigenvalue weighted by atomic mass is 35.5. The van der Waals surface area contributed by atoms with Gasteiger partial charge in [-0.05, 0) is 17.7 Å². The molecule has 0 fully saturated rings. The van der Waals surface area contributed by atoms with Crippen LogP contribution in [0.4, 0.5) is 5.13 Å². The Bertz CT molecular complexity index is 867. The molecule has 0 saturated heterocycles. The SMILES string of the molecule is O=C(Nc1nc(-c2ccc(Cl)c(Cl)c2)cs1)[C@@H](Cl)c1ccccc1. The van der Waals surface area contributed by atoms with Crippen LogP contribution < -0.4 is 5.32 Å². The van der Waals surface area contributed by atoms with Crippen molar-refractivity contribution in [2.75, 3.05) is 5.32 Å². The Labute approximate surface area is 158 Å². The summed E-state index contributed by atoms with van der Waals surface area (Å²) in [6.45, 7) is 0. The van der Waals surface area contributed by atoms with Gasteiger partial charge in [-0.1, -0.05) is 59.6 Å². The number of anilines is 1. The van der Waals surface area contributed by atoms with Crippen LogP contribution in [0, 0.1) is 0 Å². The normalized spacial score (nSPS) is 12.0. The molecule has 1 N–H and O–H groups in total. The van der Waals surface area contributed by atoms with Crippen LogP contribution in [-0.4, -0.2) is 10.9 Å². The zero-order chi connectivity index (χ0) is 17.1. The second-order valence-electron chi connectivity index (χ2n) is 4.93. The van der Waals surface area contributed by atoms with Crippen LogP contribution in [0.5, 0.6) is 0 Å². The van der Waals surface area contributed by atoms with E-state index in [-0.39, 0.29) is 5.91 Å². The van der Waals surface area contributed by atoms with Gasteiger partial charge in [0, 0.05) is 10.9 Å². The number of nitrogens with one attached hydrogen (secondary N) is 1. The lowest BCUT2D eigenvalue weighted by atomic mass is 10.1. The summed E-state index contributed by atoms with van der Waals surface area (Å²) in [6.07, 6.45) is 0. The van der Waals surface area contributed by atoms with Crippen LogP contribution in [0.25, 0.3) is 11.3 Å². The Hall–Kier alpha value is -1.59. The number of alkyl halides is 1. The van der Waals surface area contributed by atoms with Gasteiger partial charge in [0.1, 0.15) is 5.38 Å². The standard InChI is InChI=1S/C17H11Cl3N2OS/c18-12-7-6-11(8-13(12)19)14-9-24-17(21-14)22-16(23)15(20)10-4-2-1-3-5-10/h1-9,15H,(H,21,22,23)/t15-/m0/s1. The fraction of sp³-hybridized carbons (Fsp3) is 0.0588. The van der Waals surface area contributed by atoms with Gasteiger partial charge >= 0.3 is 0 Å². The van der Waals surface area contributed by atoms with Gasteiger partial charge in [-0.3, -0.25) is 4.79 Å². The Morgan fingerprint density at radius 2 is 1.83 bits per heavy atom.